The third-order valence-corrected chi connectivity index (χ3v) is 4.38. The minimum absolute atomic E-state index is 0.345. The van der Waals surface area contributed by atoms with Gasteiger partial charge in [-0.3, -0.25) is 0 Å². The summed E-state index contributed by atoms with van der Waals surface area (Å²) in [5, 5.41) is 0. The van der Waals surface area contributed by atoms with Crippen molar-refractivity contribution in [2.75, 3.05) is 13.7 Å². The summed E-state index contributed by atoms with van der Waals surface area (Å²) in [4.78, 5) is 0. The fourth-order valence-electron chi connectivity index (χ4n) is 0.956. The molecule has 0 rings (SSSR count). The molecular formula is C7H18OSi. The SMILES string of the molecule is CCC[SiH](C)CCOC. The minimum atomic E-state index is -0.345. The van der Waals surface area contributed by atoms with E-state index in [9.17, 15) is 0 Å². The molecule has 2 heteroatoms. The minimum Gasteiger partial charge on any atom is -0.385 e. The molecule has 56 valence electrons. The molecule has 0 aromatic rings. The second kappa shape index (κ2) is 6.30. The molecule has 0 aromatic heterocycles. The van der Waals surface area contributed by atoms with Crippen molar-refractivity contribution < 1.29 is 4.74 Å². The van der Waals surface area contributed by atoms with E-state index in [1.807, 2.05) is 0 Å². The van der Waals surface area contributed by atoms with Crippen LogP contribution in [0.15, 0.2) is 0 Å². The fourth-order valence-corrected chi connectivity index (χ4v) is 2.87. The molecule has 0 spiro atoms. The Morgan fingerprint density at radius 1 is 1.33 bits per heavy atom. The summed E-state index contributed by atoms with van der Waals surface area (Å²) in [6, 6.07) is 2.83. The first-order chi connectivity index (χ1) is 4.31. The van der Waals surface area contributed by atoms with Crippen molar-refractivity contribution in [1.29, 1.82) is 0 Å². The number of hydrogen-bond acceptors (Lipinski definition) is 1. The molecule has 0 aromatic carbocycles. The predicted molar refractivity (Wildman–Crippen MR) is 44.8 cm³/mol. The van der Waals surface area contributed by atoms with Gasteiger partial charge in [-0.25, -0.2) is 0 Å². The Morgan fingerprint density at radius 3 is 2.44 bits per heavy atom. The molecule has 1 atom stereocenters. The maximum absolute atomic E-state index is 4.99. The van der Waals surface area contributed by atoms with Crippen molar-refractivity contribution in [3.63, 3.8) is 0 Å². The molecule has 0 saturated heterocycles. The molecule has 0 aliphatic heterocycles. The van der Waals surface area contributed by atoms with Gasteiger partial charge in [-0.2, -0.15) is 0 Å². The normalized spacial score (nSPS) is 13.7. The van der Waals surface area contributed by atoms with Crippen LogP contribution < -0.4 is 0 Å². The monoisotopic (exact) mass is 146 g/mol. The van der Waals surface area contributed by atoms with Crippen LogP contribution in [0.4, 0.5) is 0 Å². The third kappa shape index (κ3) is 6.06. The predicted octanol–water partition coefficient (Wildman–Crippen LogP) is 1.90. The van der Waals surface area contributed by atoms with Gasteiger partial charge in [-0.1, -0.05) is 25.9 Å². The molecule has 0 heterocycles. The van der Waals surface area contributed by atoms with Crippen LogP contribution in [-0.4, -0.2) is 22.5 Å². The molecule has 0 aliphatic carbocycles. The summed E-state index contributed by atoms with van der Waals surface area (Å²) in [5.74, 6) is 0. The van der Waals surface area contributed by atoms with Gasteiger partial charge in [0.25, 0.3) is 0 Å². The largest absolute Gasteiger partial charge is 0.385 e. The van der Waals surface area contributed by atoms with Crippen LogP contribution in [0.2, 0.25) is 18.6 Å². The van der Waals surface area contributed by atoms with Crippen LogP contribution in [-0.2, 0) is 4.74 Å². The van der Waals surface area contributed by atoms with Gasteiger partial charge < -0.3 is 4.74 Å². The van der Waals surface area contributed by atoms with Gasteiger partial charge in [-0.15, -0.1) is 0 Å². The van der Waals surface area contributed by atoms with Crippen molar-refractivity contribution in [3.05, 3.63) is 0 Å². The summed E-state index contributed by atoms with van der Waals surface area (Å²) in [7, 11) is 1.44. The highest BCUT2D eigenvalue weighted by molar-refractivity contribution is 6.57. The first-order valence-corrected chi connectivity index (χ1v) is 6.59. The molecular weight excluding hydrogens is 128 g/mol. The second-order valence-corrected chi connectivity index (χ2v) is 6.04. The van der Waals surface area contributed by atoms with E-state index in [0.717, 1.165) is 6.61 Å². The average molecular weight is 146 g/mol. The van der Waals surface area contributed by atoms with Crippen LogP contribution in [0.1, 0.15) is 13.3 Å². The molecule has 0 amide bonds. The number of methoxy groups -OCH3 is 1. The molecule has 0 fully saturated rings. The molecule has 1 unspecified atom stereocenters. The van der Waals surface area contributed by atoms with E-state index in [2.05, 4.69) is 13.5 Å². The summed E-state index contributed by atoms with van der Waals surface area (Å²) < 4.78 is 4.99. The summed E-state index contributed by atoms with van der Waals surface area (Å²) in [6.45, 7) is 5.66. The Kier molecular flexibility index (Phi) is 6.42. The Balaban J connectivity index is 2.95. The third-order valence-electron chi connectivity index (χ3n) is 1.60. The lowest BCUT2D eigenvalue weighted by molar-refractivity contribution is 0.215. The fraction of sp³-hybridized carbons (Fsp3) is 1.00. The molecule has 0 radical (unpaired) electrons. The van der Waals surface area contributed by atoms with Crippen molar-refractivity contribution in [2.24, 2.45) is 0 Å². The molecule has 0 bridgehead atoms. The maximum Gasteiger partial charge on any atom is 0.0436 e. The Morgan fingerprint density at radius 2 is 2.00 bits per heavy atom. The van der Waals surface area contributed by atoms with E-state index in [-0.39, 0.29) is 8.80 Å². The lowest BCUT2D eigenvalue weighted by Crippen LogP contribution is -2.08. The van der Waals surface area contributed by atoms with Gasteiger partial charge in [-0.05, 0) is 6.04 Å². The summed E-state index contributed by atoms with van der Waals surface area (Å²) in [5.41, 5.74) is 0. The first kappa shape index (κ1) is 9.18. The lowest BCUT2D eigenvalue weighted by atomic mass is 10.6. The number of hydrogen-bond donors (Lipinski definition) is 0. The van der Waals surface area contributed by atoms with Crippen LogP contribution in [0, 0.1) is 0 Å². The Bertz CT molecular complexity index is 56.9. The van der Waals surface area contributed by atoms with Gasteiger partial charge >= 0.3 is 0 Å². The molecule has 0 saturated carbocycles. The zero-order valence-corrected chi connectivity index (χ0v) is 7.97. The zero-order chi connectivity index (χ0) is 7.11. The summed E-state index contributed by atoms with van der Waals surface area (Å²) >= 11 is 0. The highest BCUT2D eigenvalue weighted by Gasteiger charge is 1.99. The van der Waals surface area contributed by atoms with Crippen molar-refractivity contribution in [1.82, 2.24) is 0 Å². The highest BCUT2D eigenvalue weighted by Crippen LogP contribution is 2.01. The lowest BCUT2D eigenvalue weighted by Gasteiger charge is -2.05. The van der Waals surface area contributed by atoms with E-state index in [1.165, 1.54) is 18.5 Å². The zero-order valence-electron chi connectivity index (χ0n) is 6.81. The smallest absolute Gasteiger partial charge is 0.0436 e. The number of ether oxygens (including phenoxy) is 1. The summed E-state index contributed by atoms with van der Waals surface area (Å²) in [6.07, 6.45) is 1.36. The Hall–Kier alpha value is 0.177. The van der Waals surface area contributed by atoms with Gasteiger partial charge in [0.15, 0.2) is 0 Å². The average Bonchev–Trinajstić information content (AvgIpc) is 1.85. The quantitative estimate of drug-likeness (QED) is 0.538. The van der Waals surface area contributed by atoms with Crippen LogP contribution in [0.5, 0.6) is 0 Å². The van der Waals surface area contributed by atoms with Gasteiger partial charge in [0.05, 0.1) is 0 Å². The van der Waals surface area contributed by atoms with E-state index in [0.29, 0.717) is 0 Å². The van der Waals surface area contributed by atoms with Gasteiger partial charge in [0, 0.05) is 22.5 Å². The van der Waals surface area contributed by atoms with E-state index < -0.39 is 0 Å². The van der Waals surface area contributed by atoms with E-state index in [4.69, 9.17) is 4.74 Å². The maximum atomic E-state index is 4.99. The van der Waals surface area contributed by atoms with Crippen LogP contribution in [0.3, 0.4) is 0 Å². The van der Waals surface area contributed by atoms with Crippen molar-refractivity contribution >= 4 is 8.80 Å². The van der Waals surface area contributed by atoms with Gasteiger partial charge in [0.2, 0.25) is 0 Å². The second-order valence-electron chi connectivity index (χ2n) is 2.68. The number of rotatable bonds is 5. The van der Waals surface area contributed by atoms with Crippen molar-refractivity contribution in [3.8, 4) is 0 Å². The van der Waals surface area contributed by atoms with E-state index in [1.54, 1.807) is 7.11 Å². The molecule has 0 aliphatic rings. The molecule has 0 N–H and O–H groups in total. The van der Waals surface area contributed by atoms with Crippen LogP contribution in [0.25, 0.3) is 0 Å². The molecule has 1 nitrogen and oxygen atoms in total. The standard InChI is InChI=1S/C7H18OSi/c1-4-6-9(3)7-5-8-2/h9H,4-7H2,1-3H3. The first-order valence-electron chi connectivity index (χ1n) is 3.80. The van der Waals surface area contributed by atoms with Crippen LogP contribution >= 0.6 is 0 Å². The highest BCUT2D eigenvalue weighted by atomic mass is 28.3. The van der Waals surface area contributed by atoms with Gasteiger partial charge in [0.1, 0.15) is 0 Å². The Labute approximate surface area is 60.0 Å². The topological polar surface area (TPSA) is 9.23 Å². The van der Waals surface area contributed by atoms with Crippen molar-refractivity contribution in [2.45, 2.75) is 32.0 Å². The van der Waals surface area contributed by atoms with E-state index >= 15 is 0 Å². The molecule has 9 heavy (non-hydrogen) atoms.